The zero-order valence-electron chi connectivity index (χ0n) is 11.4. The van der Waals surface area contributed by atoms with Crippen LogP contribution in [0.1, 0.15) is 37.3 Å². The smallest absolute Gasteiger partial charge is 0.150 e. The highest BCUT2D eigenvalue weighted by Gasteiger charge is 2.31. The molecule has 0 radical (unpaired) electrons. The SMILES string of the molecule is CCS(=O)(=O)CCCC1(O)CCc2ccccc2C1. The van der Waals surface area contributed by atoms with E-state index < -0.39 is 15.4 Å². The molecule has 106 valence electrons. The molecule has 1 atom stereocenters. The molecule has 2 rings (SSSR count). The maximum Gasteiger partial charge on any atom is 0.150 e. The lowest BCUT2D eigenvalue weighted by Crippen LogP contribution is -2.36. The Hall–Kier alpha value is -0.870. The standard InChI is InChI=1S/C15H22O3S/c1-2-19(17,18)11-5-9-15(16)10-8-13-6-3-4-7-14(13)12-15/h3-4,6-7,16H,2,5,8-12H2,1H3. The van der Waals surface area contributed by atoms with Crippen LogP contribution in [0.25, 0.3) is 0 Å². The van der Waals surface area contributed by atoms with Gasteiger partial charge in [0.2, 0.25) is 0 Å². The Morgan fingerprint density at radius 1 is 1.26 bits per heavy atom. The van der Waals surface area contributed by atoms with Gasteiger partial charge in [-0.1, -0.05) is 31.2 Å². The van der Waals surface area contributed by atoms with Crippen molar-refractivity contribution in [2.45, 2.75) is 44.6 Å². The van der Waals surface area contributed by atoms with E-state index in [1.165, 1.54) is 11.1 Å². The maximum absolute atomic E-state index is 11.5. The first-order valence-corrected chi connectivity index (χ1v) is 8.76. The quantitative estimate of drug-likeness (QED) is 0.900. The van der Waals surface area contributed by atoms with E-state index in [0.717, 1.165) is 12.8 Å². The van der Waals surface area contributed by atoms with Crippen molar-refractivity contribution in [3.63, 3.8) is 0 Å². The number of rotatable bonds is 5. The van der Waals surface area contributed by atoms with Crippen LogP contribution in [0, 0.1) is 0 Å². The van der Waals surface area contributed by atoms with Gasteiger partial charge in [0.25, 0.3) is 0 Å². The summed E-state index contributed by atoms with van der Waals surface area (Å²) in [6.45, 7) is 1.67. The minimum absolute atomic E-state index is 0.188. The Balaban J connectivity index is 1.95. The molecule has 0 amide bonds. The van der Waals surface area contributed by atoms with E-state index in [-0.39, 0.29) is 11.5 Å². The van der Waals surface area contributed by atoms with Crippen LogP contribution in [0.2, 0.25) is 0 Å². The molecule has 0 heterocycles. The van der Waals surface area contributed by atoms with E-state index in [9.17, 15) is 13.5 Å². The summed E-state index contributed by atoms with van der Waals surface area (Å²) in [5, 5.41) is 10.6. The zero-order valence-corrected chi connectivity index (χ0v) is 12.2. The summed E-state index contributed by atoms with van der Waals surface area (Å²) >= 11 is 0. The summed E-state index contributed by atoms with van der Waals surface area (Å²) in [6, 6.07) is 8.18. The minimum Gasteiger partial charge on any atom is -0.390 e. The summed E-state index contributed by atoms with van der Waals surface area (Å²) in [7, 11) is -2.92. The third-order valence-electron chi connectivity index (χ3n) is 4.03. The third kappa shape index (κ3) is 3.80. The van der Waals surface area contributed by atoms with Crippen molar-refractivity contribution in [3.8, 4) is 0 Å². The first-order valence-electron chi connectivity index (χ1n) is 6.94. The summed E-state index contributed by atoms with van der Waals surface area (Å²) in [5.41, 5.74) is 1.79. The van der Waals surface area contributed by atoms with Crippen LogP contribution in [-0.2, 0) is 22.7 Å². The van der Waals surface area contributed by atoms with Crippen molar-refractivity contribution in [2.75, 3.05) is 11.5 Å². The van der Waals surface area contributed by atoms with Crippen LogP contribution in [0.5, 0.6) is 0 Å². The molecule has 0 saturated heterocycles. The molecule has 3 nitrogen and oxygen atoms in total. The molecule has 1 N–H and O–H groups in total. The van der Waals surface area contributed by atoms with Crippen molar-refractivity contribution in [2.24, 2.45) is 0 Å². The van der Waals surface area contributed by atoms with E-state index in [1.807, 2.05) is 12.1 Å². The molecule has 0 fully saturated rings. The lowest BCUT2D eigenvalue weighted by atomic mass is 9.78. The van der Waals surface area contributed by atoms with Gasteiger partial charge in [0, 0.05) is 12.2 Å². The molecular formula is C15H22O3S. The van der Waals surface area contributed by atoms with Crippen LogP contribution in [0.3, 0.4) is 0 Å². The average Bonchev–Trinajstić information content (AvgIpc) is 2.38. The number of aryl methyl sites for hydroxylation is 1. The monoisotopic (exact) mass is 282 g/mol. The fourth-order valence-electron chi connectivity index (χ4n) is 2.76. The molecule has 1 aromatic carbocycles. The molecule has 19 heavy (non-hydrogen) atoms. The summed E-state index contributed by atoms with van der Waals surface area (Å²) in [5.74, 6) is 0.377. The van der Waals surface area contributed by atoms with Gasteiger partial charge in [0.15, 0.2) is 0 Å². The van der Waals surface area contributed by atoms with Gasteiger partial charge in [-0.25, -0.2) is 8.42 Å². The second-order valence-electron chi connectivity index (χ2n) is 5.51. The number of sulfone groups is 1. The van der Waals surface area contributed by atoms with Gasteiger partial charge in [-0.05, 0) is 36.8 Å². The maximum atomic E-state index is 11.5. The Morgan fingerprint density at radius 2 is 1.95 bits per heavy atom. The van der Waals surface area contributed by atoms with Gasteiger partial charge in [-0.2, -0.15) is 0 Å². The van der Waals surface area contributed by atoms with Crippen LogP contribution in [0.15, 0.2) is 24.3 Å². The number of hydrogen-bond acceptors (Lipinski definition) is 3. The largest absolute Gasteiger partial charge is 0.390 e. The molecule has 0 spiro atoms. The molecule has 0 aromatic heterocycles. The fraction of sp³-hybridized carbons (Fsp3) is 0.600. The summed E-state index contributed by atoms with van der Waals surface area (Å²) in [6.07, 6.45) is 3.38. The summed E-state index contributed by atoms with van der Waals surface area (Å²) in [4.78, 5) is 0. The van der Waals surface area contributed by atoms with E-state index in [4.69, 9.17) is 0 Å². The highest BCUT2D eigenvalue weighted by Crippen LogP contribution is 2.31. The van der Waals surface area contributed by atoms with Gasteiger partial charge in [0.05, 0.1) is 11.4 Å². The first kappa shape index (κ1) is 14.5. The number of fused-ring (bicyclic) bond motifs is 1. The van der Waals surface area contributed by atoms with Crippen molar-refractivity contribution < 1.29 is 13.5 Å². The molecule has 0 bridgehead atoms. The Kier molecular flexibility index (Phi) is 4.31. The van der Waals surface area contributed by atoms with Crippen molar-refractivity contribution in [3.05, 3.63) is 35.4 Å². The van der Waals surface area contributed by atoms with E-state index in [1.54, 1.807) is 6.92 Å². The highest BCUT2D eigenvalue weighted by atomic mass is 32.2. The second-order valence-corrected chi connectivity index (χ2v) is 7.98. The molecule has 0 aliphatic heterocycles. The van der Waals surface area contributed by atoms with E-state index in [2.05, 4.69) is 12.1 Å². The number of benzene rings is 1. The van der Waals surface area contributed by atoms with Crippen molar-refractivity contribution in [1.29, 1.82) is 0 Å². The molecular weight excluding hydrogens is 260 g/mol. The summed E-state index contributed by atoms with van der Waals surface area (Å²) < 4.78 is 22.9. The van der Waals surface area contributed by atoms with Gasteiger partial charge in [0.1, 0.15) is 9.84 Å². The van der Waals surface area contributed by atoms with Crippen LogP contribution >= 0.6 is 0 Å². The molecule has 4 heteroatoms. The molecule has 1 aliphatic rings. The average molecular weight is 282 g/mol. The molecule has 1 aliphatic carbocycles. The van der Waals surface area contributed by atoms with Crippen molar-refractivity contribution >= 4 is 9.84 Å². The third-order valence-corrected chi connectivity index (χ3v) is 5.83. The van der Waals surface area contributed by atoms with Crippen LogP contribution < -0.4 is 0 Å². The molecule has 0 saturated carbocycles. The number of hydrogen-bond donors (Lipinski definition) is 1. The van der Waals surface area contributed by atoms with Crippen molar-refractivity contribution in [1.82, 2.24) is 0 Å². The van der Waals surface area contributed by atoms with Gasteiger partial charge < -0.3 is 5.11 Å². The first-order chi connectivity index (χ1) is 8.94. The fourth-order valence-corrected chi connectivity index (χ4v) is 3.64. The van der Waals surface area contributed by atoms with Gasteiger partial charge in [-0.3, -0.25) is 0 Å². The van der Waals surface area contributed by atoms with E-state index >= 15 is 0 Å². The van der Waals surface area contributed by atoms with Gasteiger partial charge in [-0.15, -0.1) is 0 Å². The second kappa shape index (κ2) is 5.63. The lowest BCUT2D eigenvalue weighted by molar-refractivity contribution is 0.0174. The minimum atomic E-state index is -2.92. The molecule has 1 unspecified atom stereocenters. The van der Waals surface area contributed by atoms with Crippen LogP contribution in [0.4, 0.5) is 0 Å². The predicted molar refractivity (Wildman–Crippen MR) is 77.0 cm³/mol. The number of aliphatic hydroxyl groups is 1. The topological polar surface area (TPSA) is 54.4 Å². The Labute approximate surface area is 115 Å². The zero-order chi connectivity index (χ0) is 13.9. The highest BCUT2D eigenvalue weighted by molar-refractivity contribution is 7.91. The van der Waals surface area contributed by atoms with Crippen LogP contribution in [-0.4, -0.2) is 30.6 Å². The normalized spacial score (nSPS) is 23.1. The van der Waals surface area contributed by atoms with E-state index in [0.29, 0.717) is 19.3 Å². The van der Waals surface area contributed by atoms with Gasteiger partial charge >= 0.3 is 0 Å². The lowest BCUT2D eigenvalue weighted by Gasteiger charge is -2.33. The predicted octanol–water partition coefficient (Wildman–Crippen LogP) is 2.12. The molecule has 1 aromatic rings. The Bertz CT molecular complexity index is 536. The Morgan fingerprint density at radius 3 is 2.63 bits per heavy atom.